The fourth-order valence-corrected chi connectivity index (χ4v) is 1.78. The summed E-state index contributed by atoms with van der Waals surface area (Å²) in [4.78, 5) is 10.5. The van der Waals surface area contributed by atoms with Crippen LogP contribution in [0.15, 0.2) is 30.4 Å². The first-order valence-corrected chi connectivity index (χ1v) is 5.97. The number of carbonyl (C=O) groups is 1. The molecule has 18 heavy (non-hydrogen) atoms. The van der Waals surface area contributed by atoms with E-state index in [2.05, 4.69) is 5.32 Å². The van der Waals surface area contributed by atoms with E-state index in [0.29, 0.717) is 17.4 Å². The van der Waals surface area contributed by atoms with Crippen LogP contribution in [0, 0.1) is 0 Å². The molecule has 1 aromatic carbocycles. The summed E-state index contributed by atoms with van der Waals surface area (Å²) in [5.74, 6) is -0.354. The first-order chi connectivity index (χ1) is 8.58. The average molecular weight is 270 g/mol. The summed E-state index contributed by atoms with van der Waals surface area (Å²) in [5.41, 5.74) is 0.878. The van der Waals surface area contributed by atoms with E-state index in [4.69, 9.17) is 21.4 Å². The summed E-state index contributed by atoms with van der Waals surface area (Å²) >= 11 is 6.08. The van der Waals surface area contributed by atoms with Crippen molar-refractivity contribution >= 4 is 17.6 Å². The molecule has 0 bridgehead atoms. The number of hydrogen-bond acceptors (Lipinski definition) is 3. The van der Waals surface area contributed by atoms with Gasteiger partial charge in [-0.2, -0.15) is 0 Å². The van der Waals surface area contributed by atoms with Crippen LogP contribution in [-0.4, -0.2) is 24.7 Å². The molecule has 0 spiro atoms. The largest absolute Gasteiger partial charge is 0.492 e. The molecular weight excluding hydrogens is 254 g/mol. The Morgan fingerprint density at radius 2 is 2.33 bits per heavy atom. The van der Waals surface area contributed by atoms with E-state index in [0.717, 1.165) is 11.6 Å². The van der Waals surface area contributed by atoms with Crippen LogP contribution in [0.1, 0.15) is 18.5 Å². The topological polar surface area (TPSA) is 58.6 Å². The zero-order valence-corrected chi connectivity index (χ0v) is 11.1. The van der Waals surface area contributed by atoms with Crippen LogP contribution in [0.2, 0.25) is 5.02 Å². The standard InChI is InChI=1S/C13H16ClNO3/c1-3-18-12-6-4-9(8-10(12)14)11(15-2)5-7-13(16)17/h4-8,11,15H,3H2,1-2H3,(H,16,17)/b7-5+. The van der Waals surface area contributed by atoms with Crippen molar-refractivity contribution < 1.29 is 14.6 Å². The SMILES string of the molecule is CCOc1ccc(C(/C=C/C(=O)O)NC)cc1Cl. The molecule has 1 atom stereocenters. The van der Waals surface area contributed by atoms with Crippen molar-refractivity contribution in [3.8, 4) is 5.75 Å². The molecule has 2 N–H and O–H groups in total. The van der Waals surface area contributed by atoms with Crippen LogP contribution >= 0.6 is 11.6 Å². The lowest BCUT2D eigenvalue weighted by molar-refractivity contribution is -0.131. The number of carboxylic acids is 1. The van der Waals surface area contributed by atoms with Crippen molar-refractivity contribution in [1.82, 2.24) is 5.32 Å². The fourth-order valence-electron chi connectivity index (χ4n) is 1.54. The Bertz CT molecular complexity index is 446. The van der Waals surface area contributed by atoms with Gasteiger partial charge in [0, 0.05) is 6.08 Å². The fraction of sp³-hybridized carbons (Fsp3) is 0.308. The average Bonchev–Trinajstić information content (AvgIpc) is 2.33. The predicted molar refractivity (Wildman–Crippen MR) is 71.2 cm³/mol. The lowest BCUT2D eigenvalue weighted by Gasteiger charge is -2.14. The van der Waals surface area contributed by atoms with Crippen LogP contribution < -0.4 is 10.1 Å². The monoisotopic (exact) mass is 269 g/mol. The van der Waals surface area contributed by atoms with Crippen LogP contribution in [0.25, 0.3) is 0 Å². The molecule has 1 aromatic rings. The molecule has 0 saturated carbocycles. The lowest BCUT2D eigenvalue weighted by atomic mass is 10.1. The Morgan fingerprint density at radius 3 is 2.83 bits per heavy atom. The molecule has 0 aliphatic heterocycles. The first-order valence-electron chi connectivity index (χ1n) is 5.59. The maximum Gasteiger partial charge on any atom is 0.328 e. The van der Waals surface area contributed by atoms with E-state index < -0.39 is 5.97 Å². The van der Waals surface area contributed by atoms with E-state index in [-0.39, 0.29) is 6.04 Å². The van der Waals surface area contributed by atoms with E-state index >= 15 is 0 Å². The molecule has 1 rings (SSSR count). The number of rotatable bonds is 6. The Labute approximate surface area is 111 Å². The Morgan fingerprint density at radius 1 is 1.61 bits per heavy atom. The smallest absolute Gasteiger partial charge is 0.328 e. The van der Waals surface area contributed by atoms with Crippen molar-refractivity contribution in [3.63, 3.8) is 0 Å². The van der Waals surface area contributed by atoms with Gasteiger partial charge in [0.15, 0.2) is 0 Å². The molecule has 5 heteroatoms. The van der Waals surface area contributed by atoms with Gasteiger partial charge in [-0.05, 0) is 31.7 Å². The van der Waals surface area contributed by atoms with Gasteiger partial charge < -0.3 is 15.2 Å². The van der Waals surface area contributed by atoms with Gasteiger partial charge in [-0.25, -0.2) is 4.79 Å². The number of aliphatic carboxylic acids is 1. The van der Waals surface area contributed by atoms with Crippen molar-refractivity contribution in [2.45, 2.75) is 13.0 Å². The molecule has 98 valence electrons. The molecular formula is C13H16ClNO3. The maximum atomic E-state index is 10.5. The van der Waals surface area contributed by atoms with Gasteiger partial charge in [-0.15, -0.1) is 0 Å². The van der Waals surface area contributed by atoms with Crippen molar-refractivity contribution in [1.29, 1.82) is 0 Å². The van der Waals surface area contributed by atoms with Crippen LogP contribution in [0.3, 0.4) is 0 Å². The third kappa shape index (κ3) is 4.05. The highest BCUT2D eigenvalue weighted by Crippen LogP contribution is 2.28. The van der Waals surface area contributed by atoms with Crippen molar-refractivity contribution in [2.75, 3.05) is 13.7 Å². The van der Waals surface area contributed by atoms with Crippen LogP contribution in [-0.2, 0) is 4.79 Å². The molecule has 0 aromatic heterocycles. The van der Waals surface area contributed by atoms with Gasteiger partial charge >= 0.3 is 5.97 Å². The molecule has 0 fully saturated rings. The second kappa shape index (κ2) is 7.03. The van der Waals surface area contributed by atoms with E-state index in [1.54, 1.807) is 25.3 Å². The number of nitrogens with one attached hydrogen (secondary N) is 1. The van der Waals surface area contributed by atoms with Gasteiger partial charge in [0.1, 0.15) is 5.75 Å². The maximum absolute atomic E-state index is 10.5. The lowest BCUT2D eigenvalue weighted by Crippen LogP contribution is -2.14. The third-order valence-electron chi connectivity index (χ3n) is 2.36. The summed E-state index contributed by atoms with van der Waals surface area (Å²) in [6.45, 7) is 2.43. The van der Waals surface area contributed by atoms with Gasteiger partial charge in [0.2, 0.25) is 0 Å². The van der Waals surface area contributed by atoms with E-state index in [9.17, 15) is 4.79 Å². The normalized spacial score (nSPS) is 12.6. The zero-order chi connectivity index (χ0) is 13.5. The molecule has 0 aliphatic carbocycles. The zero-order valence-electron chi connectivity index (χ0n) is 10.3. The number of benzene rings is 1. The Kier molecular flexibility index (Phi) is 5.68. The first kappa shape index (κ1) is 14.5. The van der Waals surface area contributed by atoms with Gasteiger partial charge in [-0.1, -0.05) is 23.7 Å². The highest BCUT2D eigenvalue weighted by molar-refractivity contribution is 6.32. The van der Waals surface area contributed by atoms with Crippen molar-refractivity contribution in [3.05, 3.63) is 40.9 Å². The second-order valence-corrected chi connectivity index (χ2v) is 3.99. The molecule has 0 amide bonds. The molecule has 1 unspecified atom stereocenters. The summed E-state index contributed by atoms with van der Waals surface area (Å²) in [7, 11) is 1.75. The molecule has 0 radical (unpaired) electrons. The Hall–Kier alpha value is -1.52. The number of hydrogen-bond donors (Lipinski definition) is 2. The summed E-state index contributed by atoms with van der Waals surface area (Å²) in [5, 5.41) is 12.1. The van der Waals surface area contributed by atoms with Crippen molar-refractivity contribution in [2.24, 2.45) is 0 Å². The van der Waals surface area contributed by atoms with Gasteiger partial charge in [0.05, 0.1) is 17.7 Å². The minimum Gasteiger partial charge on any atom is -0.492 e. The highest BCUT2D eigenvalue weighted by atomic mass is 35.5. The molecule has 0 heterocycles. The van der Waals surface area contributed by atoms with Gasteiger partial charge in [-0.3, -0.25) is 0 Å². The minimum atomic E-state index is -0.979. The summed E-state index contributed by atoms with van der Waals surface area (Å²) < 4.78 is 5.34. The van der Waals surface area contributed by atoms with E-state index in [1.807, 2.05) is 13.0 Å². The number of halogens is 1. The van der Waals surface area contributed by atoms with Crippen LogP contribution in [0.5, 0.6) is 5.75 Å². The molecule has 0 aliphatic rings. The Balaban J connectivity index is 2.93. The second-order valence-electron chi connectivity index (χ2n) is 3.59. The summed E-state index contributed by atoms with van der Waals surface area (Å²) in [6, 6.07) is 5.19. The number of ether oxygens (including phenoxy) is 1. The quantitative estimate of drug-likeness (QED) is 0.780. The molecule has 0 saturated heterocycles. The summed E-state index contributed by atoms with van der Waals surface area (Å²) in [6.07, 6.45) is 2.67. The molecule has 4 nitrogen and oxygen atoms in total. The number of likely N-dealkylation sites (N-methyl/N-ethyl adjacent to an activating group) is 1. The van der Waals surface area contributed by atoms with Crippen LogP contribution in [0.4, 0.5) is 0 Å². The minimum absolute atomic E-state index is 0.200. The van der Waals surface area contributed by atoms with Gasteiger partial charge in [0.25, 0.3) is 0 Å². The highest BCUT2D eigenvalue weighted by Gasteiger charge is 2.09. The third-order valence-corrected chi connectivity index (χ3v) is 2.65. The predicted octanol–water partition coefficient (Wildman–Crippen LogP) is 2.64. The van der Waals surface area contributed by atoms with E-state index in [1.165, 1.54) is 0 Å². The number of carboxylic acid groups (broad SMARTS) is 1.